The minimum Gasteiger partial charge on any atom is -0.507 e. The molecule has 0 spiro atoms. The Labute approximate surface area is 270 Å². The molecule has 0 saturated heterocycles. The normalized spacial score (nSPS) is 12.7. The molecular weight excluding hydrogens is 703 g/mol. The first-order valence-corrected chi connectivity index (χ1v) is 17.7. The Morgan fingerprint density at radius 2 is 1.49 bits per heavy atom. The molecule has 5 aromatic carbocycles. The number of phenolic OH excluding ortho intramolecular Hbond substituents is 1. The van der Waals surface area contributed by atoms with Crippen molar-refractivity contribution < 1.29 is 58.3 Å². The number of hydrogen-bond donors (Lipinski definition) is 5. The molecule has 0 fully saturated rings. The summed E-state index contributed by atoms with van der Waals surface area (Å²) in [7, 11) is -14.2. The smallest absolute Gasteiger partial charge is 0.339 e. The van der Waals surface area contributed by atoms with Crippen molar-refractivity contribution in [2.45, 2.75) is 26.5 Å². The number of benzene rings is 5. The van der Waals surface area contributed by atoms with E-state index in [0.717, 1.165) is 29.8 Å². The highest BCUT2D eigenvalue weighted by Gasteiger charge is 2.23. The Bertz CT molecular complexity index is 2420. The number of fused-ring (bicyclic) bond motifs is 2. The highest BCUT2D eigenvalue weighted by molar-refractivity contribution is 7.94. The van der Waals surface area contributed by atoms with Crippen molar-refractivity contribution in [3.8, 4) is 11.5 Å². The number of nitrogens with zero attached hydrogens (tertiary/aromatic N) is 2. The van der Waals surface area contributed by atoms with Crippen molar-refractivity contribution in [3.05, 3.63) is 78.4 Å². The topological polar surface area (TPSA) is 262 Å². The first-order valence-electron chi connectivity index (χ1n) is 12.7. The average molecular weight is 724 g/mol. The zero-order chi connectivity index (χ0) is 34.3. The van der Waals surface area contributed by atoms with Crippen molar-refractivity contribution >= 4 is 81.0 Å². The van der Waals surface area contributed by atoms with Gasteiger partial charge in [0.1, 0.15) is 21.2 Å². The molecule has 0 aromatic heterocycles. The lowest BCUT2D eigenvalue weighted by Crippen LogP contribution is -2.10. The molecule has 0 aliphatic heterocycles. The van der Waals surface area contributed by atoms with E-state index in [1.807, 2.05) is 0 Å². The van der Waals surface area contributed by atoms with Crippen LogP contribution in [0, 0.1) is 6.92 Å². The molecule has 0 aliphatic rings. The van der Waals surface area contributed by atoms with E-state index in [2.05, 4.69) is 19.6 Å². The van der Waals surface area contributed by atoms with Crippen molar-refractivity contribution in [1.82, 2.24) is 0 Å². The molecule has 0 bridgehead atoms. The van der Waals surface area contributed by atoms with Gasteiger partial charge in [-0.2, -0.15) is 30.4 Å². The Balaban J connectivity index is 1.63. The molecule has 246 valence electrons. The van der Waals surface area contributed by atoms with Crippen LogP contribution >= 0.6 is 12.0 Å². The lowest BCUT2D eigenvalue weighted by atomic mass is 10.1. The summed E-state index contributed by atoms with van der Waals surface area (Å²) in [6, 6.07) is 14.7. The van der Waals surface area contributed by atoms with Gasteiger partial charge in [0, 0.05) is 21.7 Å². The van der Waals surface area contributed by atoms with Gasteiger partial charge in [0.15, 0.2) is 5.75 Å². The maximum absolute atomic E-state index is 13.1. The van der Waals surface area contributed by atoms with E-state index in [-0.39, 0.29) is 48.4 Å². The van der Waals surface area contributed by atoms with Crippen LogP contribution in [0.5, 0.6) is 11.5 Å². The fraction of sp³-hybridized carbons (Fsp3) is 0.0370. The second-order valence-corrected chi connectivity index (χ2v) is 14.9. The Hall–Kier alpha value is -4.38. The zero-order valence-corrected chi connectivity index (χ0v) is 26.8. The molecule has 0 amide bonds. The van der Waals surface area contributed by atoms with Crippen molar-refractivity contribution in [2.24, 2.45) is 10.2 Å². The zero-order valence-electron chi connectivity index (χ0n) is 23.5. The summed E-state index contributed by atoms with van der Waals surface area (Å²) in [5.41, 5.74) is 6.42. The van der Waals surface area contributed by atoms with Crippen LogP contribution in [0.4, 0.5) is 17.1 Å². The molecule has 5 aromatic rings. The number of rotatable bonds is 10. The van der Waals surface area contributed by atoms with Crippen LogP contribution in [0.25, 0.3) is 21.5 Å². The highest BCUT2D eigenvalue weighted by Crippen LogP contribution is 2.43. The summed E-state index contributed by atoms with van der Waals surface area (Å²) in [4.78, 5) is -1.54. The number of anilines is 1. The number of hydrogen-bond acceptors (Lipinski definition) is 15. The van der Waals surface area contributed by atoms with Gasteiger partial charge in [0.05, 0.1) is 33.7 Å². The summed E-state index contributed by atoms with van der Waals surface area (Å²) in [5.74, 6) is -1.02. The number of aromatic hydroxyl groups is 1. The molecule has 20 heteroatoms. The van der Waals surface area contributed by atoms with Gasteiger partial charge in [-0.05, 0) is 60.8 Å². The van der Waals surface area contributed by atoms with E-state index in [9.17, 15) is 39.5 Å². The van der Waals surface area contributed by atoms with Gasteiger partial charge in [0.25, 0.3) is 20.2 Å². The lowest BCUT2D eigenvalue weighted by molar-refractivity contribution is -0.432. The second-order valence-electron chi connectivity index (χ2n) is 9.73. The van der Waals surface area contributed by atoms with Gasteiger partial charge >= 0.3 is 10.1 Å². The Morgan fingerprint density at radius 3 is 2.13 bits per heavy atom. The molecule has 0 radical (unpaired) electrons. The van der Waals surface area contributed by atoms with Crippen LogP contribution in [0.3, 0.4) is 0 Å². The Morgan fingerprint density at radius 1 is 0.787 bits per heavy atom. The lowest BCUT2D eigenvalue weighted by Gasteiger charge is -2.13. The maximum Gasteiger partial charge on any atom is 0.339 e. The number of phenols is 1. The summed E-state index contributed by atoms with van der Waals surface area (Å²) in [6.45, 7) is 1.75. The minimum atomic E-state index is -4.94. The molecule has 47 heavy (non-hydrogen) atoms. The molecule has 0 saturated carbocycles. The van der Waals surface area contributed by atoms with E-state index in [4.69, 9.17) is 15.2 Å². The average Bonchev–Trinajstić information content (AvgIpc) is 2.98. The number of nitrogen functional groups attached to an aromatic ring is 1. The van der Waals surface area contributed by atoms with E-state index in [0.29, 0.717) is 12.0 Å². The van der Waals surface area contributed by atoms with Crippen LogP contribution in [0.1, 0.15) is 5.56 Å². The fourth-order valence-electron chi connectivity index (χ4n) is 4.43. The Kier molecular flexibility index (Phi) is 9.16. The number of azo groups is 1. The first kappa shape index (κ1) is 34.0. The van der Waals surface area contributed by atoms with E-state index in [1.165, 1.54) is 48.5 Å². The molecule has 0 heterocycles. The first-order chi connectivity index (χ1) is 22.0. The van der Waals surface area contributed by atoms with Crippen molar-refractivity contribution in [3.63, 3.8) is 0 Å². The van der Waals surface area contributed by atoms with Crippen molar-refractivity contribution in [2.75, 3.05) is 5.73 Å². The summed E-state index contributed by atoms with van der Waals surface area (Å²) in [6.07, 6.45) is 0. The molecule has 5 rings (SSSR count). The third kappa shape index (κ3) is 7.30. The van der Waals surface area contributed by atoms with Gasteiger partial charge in [-0.15, -0.1) is 9.45 Å². The van der Waals surface area contributed by atoms with Crippen LogP contribution in [-0.4, -0.2) is 44.7 Å². The summed E-state index contributed by atoms with van der Waals surface area (Å²) >= 11 is 0.406. The second kappa shape index (κ2) is 12.7. The maximum atomic E-state index is 13.1. The standard InChI is InChI=1S/C27H21N3O13S4/c1-14-2-6-18(7-3-14)47(39,40)41-24-12-19(45(33,34)35)8-15-4-5-16(9-20(15)24)29-30-22-13-25(46(36,37)38)21-10-17(44-43-42-32)11-23(31)26(21)27(22)28/h2-13,31-32H,28H2,1H3,(H,33,34,35)(H,36,37,38). The molecule has 0 unspecified atom stereocenters. The minimum absolute atomic E-state index is 0.0136. The van der Waals surface area contributed by atoms with Crippen LogP contribution in [-0.2, 0) is 39.7 Å². The predicted molar refractivity (Wildman–Crippen MR) is 167 cm³/mol. The van der Waals surface area contributed by atoms with E-state index in [1.54, 1.807) is 6.92 Å². The van der Waals surface area contributed by atoms with Crippen LogP contribution in [0.2, 0.25) is 0 Å². The van der Waals surface area contributed by atoms with Gasteiger partial charge in [-0.3, -0.25) is 9.11 Å². The van der Waals surface area contributed by atoms with Gasteiger partial charge in [0.2, 0.25) is 0 Å². The molecule has 6 N–H and O–H groups in total. The van der Waals surface area contributed by atoms with Crippen LogP contribution in [0.15, 0.2) is 103 Å². The quantitative estimate of drug-likeness (QED) is 0.0220. The van der Waals surface area contributed by atoms with Crippen molar-refractivity contribution in [1.29, 1.82) is 0 Å². The van der Waals surface area contributed by atoms with E-state index < -0.39 is 51.6 Å². The van der Waals surface area contributed by atoms with Gasteiger partial charge in [-0.25, -0.2) is 5.26 Å². The summed E-state index contributed by atoms with van der Waals surface area (Å²) in [5, 5.41) is 30.2. The predicted octanol–water partition coefficient (Wildman–Crippen LogP) is 5.69. The van der Waals surface area contributed by atoms with Crippen LogP contribution < -0.4 is 9.92 Å². The fourth-order valence-corrected chi connectivity index (χ4v) is 7.04. The monoisotopic (exact) mass is 723 g/mol. The number of aryl methyl sites for hydroxylation is 1. The number of nitrogens with two attached hydrogens (primary N) is 1. The summed E-state index contributed by atoms with van der Waals surface area (Å²) < 4.78 is 104. The largest absolute Gasteiger partial charge is 0.507 e. The third-order valence-corrected chi connectivity index (χ3v) is 10.1. The molecule has 0 aliphatic carbocycles. The SMILES string of the molecule is Cc1ccc(S(=O)(=O)Oc2cc(S(=O)(=O)O)cc3ccc(N=Nc4cc(S(=O)(=O)O)c5cc(SOOO)cc(O)c5c4N)cc23)cc1. The highest BCUT2D eigenvalue weighted by atomic mass is 32.2. The van der Waals surface area contributed by atoms with Gasteiger partial charge < -0.3 is 15.0 Å². The van der Waals surface area contributed by atoms with Gasteiger partial charge in [-0.1, -0.05) is 28.8 Å². The molecule has 16 nitrogen and oxygen atoms in total. The van der Waals surface area contributed by atoms with E-state index >= 15 is 0 Å². The third-order valence-electron chi connectivity index (χ3n) is 6.56. The molecular formula is C27H21N3O13S4. The molecule has 0 atom stereocenters.